The second-order valence-electron chi connectivity index (χ2n) is 4.33. The standard InChI is InChI=1S/C10H16N2O/c1-10(2,3)7-12-8-5-4-6-11-9(8)13/h4-6,12H,7H2,1-3H3,(H,11,13). The smallest absolute Gasteiger partial charge is 0.271 e. The Morgan fingerprint density at radius 1 is 1.46 bits per heavy atom. The molecule has 13 heavy (non-hydrogen) atoms. The summed E-state index contributed by atoms with van der Waals surface area (Å²) in [4.78, 5) is 13.8. The van der Waals surface area contributed by atoms with E-state index in [0.29, 0.717) is 5.69 Å². The Morgan fingerprint density at radius 2 is 2.15 bits per heavy atom. The van der Waals surface area contributed by atoms with Gasteiger partial charge < -0.3 is 10.3 Å². The quantitative estimate of drug-likeness (QED) is 0.729. The predicted molar refractivity (Wildman–Crippen MR) is 55.0 cm³/mol. The van der Waals surface area contributed by atoms with Crippen LogP contribution in [0.1, 0.15) is 20.8 Å². The first-order valence-corrected chi connectivity index (χ1v) is 4.41. The van der Waals surface area contributed by atoms with E-state index in [4.69, 9.17) is 0 Å². The molecule has 3 nitrogen and oxygen atoms in total. The van der Waals surface area contributed by atoms with Gasteiger partial charge in [-0.3, -0.25) is 4.79 Å². The van der Waals surface area contributed by atoms with Gasteiger partial charge in [0.15, 0.2) is 0 Å². The Bertz CT molecular complexity index is 322. The van der Waals surface area contributed by atoms with E-state index in [1.807, 2.05) is 6.07 Å². The Morgan fingerprint density at radius 3 is 2.69 bits per heavy atom. The number of anilines is 1. The molecule has 0 aromatic carbocycles. The molecule has 0 radical (unpaired) electrons. The van der Waals surface area contributed by atoms with Crippen molar-refractivity contribution in [1.82, 2.24) is 4.98 Å². The van der Waals surface area contributed by atoms with Gasteiger partial charge in [-0.25, -0.2) is 0 Å². The highest BCUT2D eigenvalue weighted by molar-refractivity contribution is 5.39. The van der Waals surface area contributed by atoms with Gasteiger partial charge >= 0.3 is 0 Å². The van der Waals surface area contributed by atoms with Crippen LogP contribution in [0.4, 0.5) is 5.69 Å². The average Bonchev–Trinajstić information content (AvgIpc) is 2.01. The van der Waals surface area contributed by atoms with Crippen molar-refractivity contribution in [3.05, 3.63) is 28.7 Å². The van der Waals surface area contributed by atoms with E-state index in [-0.39, 0.29) is 11.0 Å². The number of H-pyrrole nitrogens is 1. The number of hydrogen-bond acceptors (Lipinski definition) is 2. The highest BCUT2D eigenvalue weighted by Crippen LogP contribution is 2.12. The minimum absolute atomic E-state index is 0.0632. The number of nitrogens with one attached hydrogen (secondary N) is 2. The Kier molecular flexibility index (Phi) is 2.76. The first-order chi connectivity index (χ1) is 5.99. The molecule has 1 heterocycles. The van der Waals surface area contributed by atoms with Gasteiger partial charge in [-0.05, 0) is 17.5 Å². The predicted octanol–water partition coefficient (Wildman–Crippen LogP) is 1.83. The van der Waals surface area contributed by atoms with Gasteiger partial charge in [-0.15, -0.1) is 0 Å². The van der Waals surface area contributed by atoms with Crippen molar-refractivity contribution in [2.24, 2.45) is 5.41 Å². The fourth-order valence-electron chi connectivity index (χ4n) is 0.921. The SMILES string of the molecule is CC(C)(C)CNc1ccc[nH]c1=O. The Labute approximate surface area is 78.2 Å². The van der Waals surface area contributed by atoms with E-state index in [1.165, 1.54) is 0 Å². The van der Waals surface area contributed by atoms with Crippen LogP contribution in [0.3, 0.4) is 0 Å². The van der Waals surface area contributed by atoms with Gasteiger partial charge in [0, 0.05) is 12.7 Å². The lowest BCUT2D eigenvalue weighted by Crippen LogP contribution is -2.22. The van der Waals surface area contributed by atoms with Crippen molar-refractivity contribution in [3.63, 3.8) is 0 Å². The van der Waals surface area contributed by atoms with Crippen LogP contribution in [0.25, 0.3) is 0 Å². The molecule has 0 unspecified atom stereocenters. The monoisotopic (exact) mass is 180 g/mol. The number of aromatic amines is 1. The molecule has 0 aliphatic heterocycles. The summed E-state index contributed by atoms with van der Waals surface area (Å²) in [6.07, 6.45) is 1.63. The van der Waals surface area contributed by atoms with E-state index in [1.54, 1.807) is 12.3 Å². The molecular weight excluding hydrogens is 164 g/mol. The third-order valence-corrected chi connectivity index (χ3v) is 1.63. The highest BCUT2D eigenvalue weighted by atomic mass is 16.1. The van der Waals surface area contributed by atoms with Gasteiger partial charge in [-0.2, -0.15) is 0 Å². The number of rotatable bonds is 2. The lowest BCUT2D eigenvalue weighted by Gasteiger charge is -2.18. The summed E-state index contributed by atoms with van der Waals surface area (Å²) in [5.41, 5.74) is 0.756. The van der Waals surface area contributed by atoms with Gasteiger partial charge in [0.1, 0.15) is 5.69 Å². The lowest BCUT2D eigenvalue weighted by molar-refractivity contribution is 0.443. The zero-order valence-corrected chi connectivity index (χ0v) is 8.35. The Hall–Kier alpha value is -1.25. The number of hydrogen-bond donors (Lipinski definition) is 2. The fourth-order valence-corrected chi connectivity index (χ4v) is 0.921. The van der Waals surface area contributed by atoms with Crippen LogP contribution < -0.4 is 10.9 Å². The van der Waals surface area contributed by atoms with Crippen molar-refractivity contribution in [2.75, 3.05) is 11.9 Å². The van der Waals surface area contributed by atoms with Crippen LogP contribution in [0.2, 0.25) is 0 Å². The molecule has 72 valence electrons. The molecule has 0 amide bonds. The highest BCUT2D eigenvalue weighted by Gasteiger charge is 2.09. The molecule has 0 aliphatic rings. The topological polar surface area (TPSA) is 44.9 Å². The minimum Gasteiger partial charge on any atom is -0.380 e. The van der Waals surface area contributed by atoms with Crippen molar-refractivity contribution in [2.45, 2.75) is 20.8 Å². The zero-order valence-electron chi connectivity index (χ0n) is 8.35. The summed E-state index contributed by atoms with van der Waals surface area (Å²) >= 11 is 0. The molecular formula is C10H16N2O. The maximum atomic E-state index is 11.2. The summed E-state index contributed by atoms with van der Waals surface area (Å²) in [6, 6.07) is 3.59. The summed E-state index contributed by atoms with van der Waals surface area (Å²) in [6.45, 7) is 7.16. The van der Waals surface area contributed by atoms with Gasteiger partial charge in [0.05, 0.1) is 0 Å². The third kappa shape index (κ3) is 3.32. The van der Waals surface area contributed by atoms with Gasteiger partial charge in [0.2, 0.25) is 0 Å². The molecule has 2 N–H and O–H groups in total. The van der Waals surface area contributed by atoms with Crippen molar-refractivity contribution < 1.29 is 0 Å². The maximum Gasteiger partial charge on any atom is 0.271 e. The molecule has 0 saturated heterocycles. The van der Waals surface area contributed by atoms with Gasteiger partial charge in [-0.1, -0.05) is 20.8 Å². The summed E-state index contributed by atoms with van der Waals surface area (Å²) in [5, 5.41) is 3.11. The van der Waals surface area contributed by atoms with Crippen LogP contribution in [0, 0.1) is 5.41 Å². The summed E-state index contributed by atoms with van der Waals surface area (Å²) < 4.78 is 0. The first kappa shape index (κ1) is 9.84. The third-order valence-electron chi connectivity index (χ3n) is 1.63. The second kappa shape index (κ2) is 3.64. The van der Waals surface area contributed by atoms with E-state index in [0.717, 1.165) is 6.54 Å². The number of aromatic nitrogens is 1. The maximum absolute atomic E-state index is 11.2. The first-order valence-electron chi connectivity index (χ1n) is 4.41. The summed E-state index contributed by atoms with van der Waals surface area (Å²) in [7, 11) is 0. The van der Waals surface area contributed by atoms with E-state index in [2.05, 4.69) is 31.1 Å². The fraction of sp³-hybridized carbons (Fsp3) is 0.500. The second-order valence-corrected chi connectivity index (χ2v) is 4.33. The van der Waals surface area contributed by atoms with Crippen molar-refractivity contribution in [3.8, 4) is 0 Å². The molecule has 1 aromatic heterocycles. The minimum atomic E-state index is -0.0632. The summed E-state index contributed by atoms with van der Waals surface area (Å²) in [5.74, 6) is 0. The van der Waals surface area contributed by atoms with Crippen molar-refractivity contribution >= 4 is 5.69 Å². The van der Waals surface area contributed by atoms with Crippen molar-refractivity contribution in [1.29, 1.82) is 0 Å². The molecule has 3 heteroatoms. The molecule has 1 aromatic rings. The molecule has 0 bridgehead atoms. The number of pyridine rings is 1. The van der Waals surface area contributed by atoms with Crippen LogP contribution in [0.5, 0.6) is 0 Å². The van der Waals surface area contributed by atoms with E-state index >= 15 is 0 Å². The van der Waals surface area contributed by atoms with Crippen LogP contribution in [-0.4, -0.2) is 11.5 Å². The van der Waals surface area contributed by atoms with Crippen LogP contribution >= 0.6 is 0 Å². The van der Waals surface area contributed by atoms with Crippen LogP contribution in [0.15, 0.2) is 23.1 Å². The molecule has 0 fully saturated rings. The molecule has 0 spiro atoms. The molecule has 1 rings (SSSR count). The molecule has 0 aliphatic carbocycles. The van der Waals surface area contributed by atoms with Crippen LogP contribution in [-0.2, 0) is 0 Å². The normalized spacial score (nSPS) is 11.3. The zero-order chi connectivity index (χ0) is 9.90. The van der Waals surface area contributed by atoms with E-state index < -0.39 is 0 Å². The van der Waals surface area contributed by atoms with Gasteiger partial charge in [0.25, 0.3) is 5.56 Å². The largest absolute Gasteiger partial charge is 0.380 e. The lowest BCUT2D eigenvalue weighted by atomic mass is 9.97. The average molecular weight is 180 g/mol. The molecule has 0 atom stereocenters. The Balaban J connectivity index is 2.66. The van der Waals surface area contributed by atoms with E-state index in [9.17, 15) is 4.79 Å². The molecule has 0 saturated carbocycles.